The van der Waals surface area contributed by atoms with Crippen molar-refractivity contribution in [1.29, 1.82) is 0 Å². The molecule has 3 rings (SSSR count). The fourth-order valence-electron chi connectivity index (χ4n) is 3.72. The van der Waals surface area contributed by atoms with E-state index in [2.05, 4.69) is 39.6 Å². The molecule has 2 saturated heterocycles. The summed E-state index contributed by atoms with van der Waals surface area (Å²) in [6.45, 7) is 8.96. The van der Waals surface area contributed by atoms with Crippen molar-refractivity contribution >= 4 is 35.8 Å². The number of aliphatic imine (C=N–C) groups is 1. The van der Waals surface area contributed by atoms with Gasteiger partial charge in [0.25, 0.3) is 0 Å². The highest BCUT2D eigenvalue weighted by atomic mass is 127. The molecule has 2 N–H and O–H groups in total. The van der Waals surface area contributed by atoms with Gasteiger partial charge in [-0.2, -0.15) is 0 Å². The van der Waals surface area contributed by atoms with Crippen LogP contribution < -0.4 is 15.5 Å². The molecule has 1 atom stereocenters. The third-order valence-corrected chi connectivity index (χ3v) is 5.36. The summed E-state index contributed by atoms with van der Waals surface area (Å²) in [4.78, 5) is 11.8. The number of nitrogens with one attached hydrogen (secondary N) is 2. The number of rotatable bonds is 9. The molecule has 1 aromatic rings. The van der Waals surface area contributed by atoms with Crippen LogP contribution in [0.4, 0.5) is 5.82 Å². The average Bonchev–Trinajstić information content (AvgIpc) is 3.11. The van der Waals surface area contributed by atoms with Gasteiger partial charge < -0.3 is 25.0 Å². The zero-order valence-electron chi connectivity index (χ0n) is 18.3. The minimum atomic E-state index is 0. The van der Waals surface area contributed by atoms with Crippen LogP contribution >= 0.6 is 24.0 Å². The molecule has 2 fully saturated rings. The van der Waals surface area contributed by atoms with Crippen LogP contribution in [0, 0.1) is 0 Å². The summed E-state index contributed by atoms with van der Waals surface area (Å²) in [5.74, 6) is 1.94. The fraction of sp³-hybridized carbons (Fsp3) is 0.727. The van der Waals surface area contributed by atoms with Crippen LogP contribution in [-0.4, -0.2) is 63.0 Å². The normalized spacial score (nSPS) is 19.8. The molecule has 0 amide bonds. The van der Waals surface area contributed by atoms with Gasteiger partial charge in [0.2, 0.25) is 0 Å². The van der Waals surface area contributed by atoms with E-state index in [0.717, 1.165) is 70.6 Å². The Labute approximate surface area is 198 Å². The molecule has 1 unspecified atom stereocenters. The second kappa shape index (κ2) is 14.8. The van der Waals surface area contributed by atoms with Crippen molar-refractivity contribution < 1.29 is 9.47 Å². The highest BCUT2D eigenvalue weighted by molar-refractivity contribution is 14.0. The maximum absolute atomic E-state index is 5.82. The van der Waals surface area contributed by atoms with E-state index in [1.54, 1.807) is 0 Å². The fourth-order valence-corrected chi connectivity index (χ4v) is 3.72. The monoisotopic (exact) mass is 531 g/mol. The molecule has 0 spiro atoms. The maximum atomic E-state index is 5.82. The molecular formula is C22H38IN5O2. The first kappa shape index (κ1) is 25.1. The van der Waals surface area contributed by atoms with Gasteiger partial charge in [0.05, 0.1) is 19.3 Å². The molecule has 30 heavy (non-hydrogen) atoms. The van der Waals surface area contributed by atoms with Crippen LogP contribution in [0.3, 0.4) is 0 Å². The van der Waals surface area contributed by atoms with Crippen LogP contribution in [0.5, 0.6) is 0 Å². The Hall–Kier alpha value is -1.13. The molecule has 0 aromatic carbocycles. The van der Waals surface area contributed by atoms with E-state index in [1.807, 2.05) is 6.20 Å². The molecule has 1 aromatic heterocycles. The van der Waals surface area contributed by atoms with Crippen molar-refractivity contribution in [3.8, 4) is 0 Å². The number of nitrogens with zero attached hydrogens (tertiary/aromatic N) is 3. The van der Waals surface area contributed by atoms with Crippen LogP contribution in [0.1, 0.15) is 51.0 Å². The number of guanidine groups is 1. The first-order valence-corrected chi connectivity index (χ1v) is 11.3. The zero-order valence-corrected chi connectivity index (χ0v) is 20.6. The molecule has 7 nitrogen and oxygen atoms in total. The van der Waals surface area contributed by atoms with E-state index >= 15 is 0 Å². The van der Waals surface area contributed by atoms with Gasteiger partial charge in [-0.3, -0.25) is 0 Å². The minimum absolute atomic E-state index is 0. The third-order valence-electron chi connectivity index (χ3n) is 5.36. The number of pyridine rings is 1. The van der Waals surface area contributed by atoms with Crippen LogP contribution in [0.2, 0.25) is 0 Å². The Balaban J connectivity index is 0.00000320. The Morgan fingerprint density at radius 1 is 1.27 bits per heavy atom. The second-order valence-corrected chi connectivity index (χ2v) is 7.76. The number of hydrogen-bond donors (Lipinski definition) is 2. The van der Waals surface area contributed by atoms with Gasteiger partial charge >= 0.3 is 0 Å². The van der Waals surface area contributed by atoms with Crippen molar-refractivity contribution in [2.45, 2.75) is 58.1 Å². The molecule has 0 radical (unpaired) electrons. The smallest absolute Gasteiger partial charge is 0.191 e. The van der Waals surface area contributed by atoms with Crippen molar-refractivity contribution in [2.75, 3.05) is 50.9 Å². The average molecular weight is 531 g/mol. The van der Waals surface area contributed by atoms with Gasteiger partial charge in [0.1, 0.15) is 5.82 Å². The molecule has 3 heterocycles. The van der Waals surface area contributed by atoms with E-state index in [4.69, 9.17) is 14.5 Å². The largest absolute Gasteiger partial charge is 0.379 e. The predicted octanol–water partition coefficient (Wildman–Crippen LogP) is 3.33. The highest BCUT2D eigenvalue weighted by Gasteiger charge is 2.15. The summed E-state index contributed by atoms with van der Waals surface area (Å²) in [6, 6.07) is 4.25. The molecule has 0 bridgehead atoms. The van der Waals surface area contributed by atoms with Crippen molar-refractivity contribution in [2.24, 2.45) is 4.99 Å². The molecular weight excluding hydrogens is 493 g/mol. The van der Waals surface area contributed by atoms with Gasteiger partial charge in [0, 0.05) is 45.6 Å². The van der Waals surface area contributed by atoms with Gasteiger partial charge in [-0.05, 0) is 50.3 Å². The number of halogens is 1. The summed E-state index contributed by atoms with van der Waals surface area (Å²) >= 11 is 0. The summed E-state index contributed by atoms with van der Waals surface area (Å²) < 4.78 is 11.2. The first-order valence-electron chi connectivity index (χ1n) is 11.3. The summed E-state index contributed by atoms with van der Waals surface area (Å²) in [5.41, 5.74) is 1.20. The molecule has 8 heteroatoms. The lowest BCUT2D eigenvalue weighted by atomic mass is 10.2. The SMILES string of the molecule is CCNC(=NCc1ccnc(N2CCCCCC2)c1)NCCCOC1CCOC1.I. The van der Waals surface area contributed by atoms with Gasteiger partial charge in [-0.25, -0.2) is 9.98 Å². The van der Waals surface area contributed by atoms with Crippen molar-refractivity contribution in [3.05, 3.63) is 23.9 Å². The number of hydrogen-bond acceptors (Lipinski definition) is 5. The van der Waals surface area contributed by atoms with E-state index in [-0.39, 0.29) is 30.1 Å². The lowest BCUT2D eigenvalue weighted by Gasteiger charge is -2.21. The maximum Gasteiger partial charge on any atom is 0.191 e. The van der Waals surface area contributed by atoms with Gasteiger partial charge in [0.15, 0.2) is 5.96 Å². The van der Waals surface area contributed by atoms with Gasteiger partial charge in [-0.1, -0.05) is 12.8 Å². The van der Waals surface area contributed by atoms with E-state index in [9.17, 15) is 0 Å². The molecule has 170 valence electrons. The topological polar surface area (TPSA) is 71.0 Å². The van der Waals surface area contributed by atoms with Gasteiger partial charge in [-0.15, -0.1) is 24.0 Å². The quantitative estimate of drug-likeness (QED) is 0.221. The van der Waals surface area contributed by atoms with E-state index < -0.39 is 0 Å². The van der Waals surface area contributed by atoms with E-state index in [1.165, 1.54) is 31.2 Å². The van der Waals surface area contributed by atoms with Crippen LogP contribution in [0.25, 0.3) is 0 Å². The summed E-state index contributed by atoms with van der Waals surface area (Å²) in [6.07, 6.45) is 9.34. The predicted molar refractivity (Wildman–Crippen MR) is 133 cm³/mol. The minimum Gasteiger partial charge on any atom is -0.379 e. The number of anilines is 1. The van der Waals surface area contributed by atoms with Crippen molar-refractivity contribution in [1.82, 2.24) is 15.6 Å². The van der Waals surface area contributed by atoms with E-state index in [0.29, 0.717) is 6.54 Å². The molecule has 0 aliphatic carbocycles. The van der Waals surface area contributed by atoms with Crippen LogP contribution in [-0.2, 0) is 16.0 Å². The molecule has 2 aliphatic heterocycles. The summed E-state index contributed by atoms with van der Waals surface area (Å²) in [5, 5.41) is 6.73. The zero-order chi connectivity index (χ0) is 20.2. The second-order valence-electron chi connectivity index (χ2n) is 7.76. The highest BCUT2D eigenvalue weighted by Crippen LogP contribution is 2.18. The standard InChI is InChI=1S/C22H37N5O2.HI/c1-2-23-22(25-10-7-14-29-20-9-15-28-18-20)26-17-19-8-11-24-21(16-19)27-12-5-3-4-6-13-27;/h8,11,16,20H,2-7,9-10,12-15,17-18H2,1H3,(H2,23,25,26);1H. The van der Waals surface area contributed by atoms with Crippen molar-refractivity contribution in [3.63, 3.8) is 0 Å². The lowest BCUT2D eigenvalue weighted by molar-refractivity contribution is 0.0420. The molecule has 0 saturated carbocycles. The Bertz CT molecular complexity index is 617. The summed E-state index contributed by atoms with van der Waals surface area (Å²) in [7, 11) is 0. The Morgan fingerprint density at radius 2 is 2.10 bits per heavy atom. The number of aromatic nitrogens is 1. The Morgan fingerprint density at radius 3 is 2.83 bits per heavy atom. The lowest BCUT2D eigenvalue weighted by Crippen LogP contribution is -2.38. The number of ether oxygens (including phenoxy) is 2. The molecule has 2 aliphatic rings. The third kappa shape index (κ3) is 8.93. The first-order chi connectivity index (χ1) is 14.3. The van der Waals surface area contributed by atoms with Crippen LogP contribution in [0.15, 0.2) is 23.3 Å². The Kier molecular flexibility index (Phi) is 12.4.